The molecule has 1 N–H and O–H groups in total. The molecule has 2 radical (unpaired) electrons. The van der Waals surface area contributed by atoms with E-state index in [1.165, 1.54) is 5.69 Å². The first-order chi connectivity index (χ1) is 5.30. The number of anilines is 1. The Balaban J connectivity index is 0.000000461. The molecule has 1 aromatic rings. The summed E-state index contributed by atoms with van der Waals surface area (Å²) in [5, 5.41) is 6.50. The molecule has 11 heavy (non-hydrogen) atoms. The van der Waals surface area contributed by atoms with Crippen LogP contribution in [0.3, 0.4) is 0 Å². The number of para-hydroxylation sites is 1. The molecule has 1 aromatic carbocycles. The number of benzene rings is 1. The van der Waals surface area contributed by atoms with Gasteiger partial charge >= 0.3 is 0 Å². The average molecular weight is 149 g/mol. The van der Waals surface area contributed by atoms with Crippen LogP contribution in [0.1, 0.15) is 0 Å². The lowest BCUT2D eigenvalue weighted by atomic mass is 10.3. The zero-order valence-corrected chi connectivity index (χ0v) is 6.86. The maximum absolute atomic E-state index is 6.50. The standard InChI is InChI=1S/C8H11N.BHO/c1-9(2)8-6-4-3-5-7-8;1-2/h3-7H,1-2H3;2H. The Morgan fingerprint density at radius 3 is 1.82 bits per heavy atom. The second-order valence-corrected chi connectivity index (χ2v) is 2.23. The maximum Gasteiger partial charge on any atom is 0.277 e. The van der Waals surface area contributed by atoms with Gasteiger partial charge in [-0.25, -0.2) is 0 Å². The number of hydrogen-bond acceptors (Lipinski definition) is 2. The summed E-state index contributed by atoms with van der Waals surface area (Å²) in [4.78, 5) is 2.08. The van der Waals surface area contributed by atoms with Crippen LogP contribution in [0.15, 0.2) is 30.3 Å². The summed E-state index contributed by atoms with van der Waals surface area (Å²) >= 11 is 0. The maximum atomic E-state index is 6.50. The second kappa shape index (κ2) is 5.80. The fourth-order valence-corrected chi connectivity index (χ4v) is 0.726. The van der Waals surface area contributed by atoms with E-state index in [1.54, 1.807) is 0 Å². The molecule has 0 spiro atoms. The minimum absolute atomic E-state index is 1.25. The van der Waals surface area contributed by atoms with Crippen LogP contribution in [-0.2, 0) is 0 Å². The van der Waals surface area contributed by atoms with Crippen molar-refractivity contribution in [3.63, 3.8) is 0 Å². The molecule has 0 saturated carbocycles. The van der Waals surface area contributed by atoms with Crippen molar-refractivity contribution >= 4 is 13.7 Å². The predicted molar refractivity (Wildman–Crippen MR) is 48.7 cm³/mol. The highest BCUT2D eigenvalue weighted by Crippen LogP contribution is 2.07. The van der Waals surface area contributed by atoms with Crippen molar-refractivity contribution in [2.45, 2.75) is 0 Å². The molecule has 0 amide bonds. The van der Waals surface area contributed by atoms with Crippen LogP contribution in [0, 0.1) is 0 Å². The molecule has 2 nitrogen and oxygen atoms in total. The van der Waals surface area contributed by atoms with E-state index in [1.807, 2.05) is 32.3 Å². The Bertz CT molecular complexity index is 177. The molecule has 58 valence electrons. The third-order valence-electron chi connectivity index (χ3n) is 1.27. The van der Waals surface area contributed by atoms with Gasteiger partial charge in [0.05, 0.1) is 0 Å². The average Bonchev–Trinajstić information content (AvgIpc) is 2.10. The Morgan fingerprint density at radius 1 is 1.09 bits per heavy atom. The Morgan fingerprint density at radius 2 is 1.55 bits per heavy atom. The summed E-state index contributed by atoms with van der Waals surface area (Å²) < 4.78 is 0. The van der Waals surface area contributed by atoms with Crippen molar-refractivity contribution in [3.8, 4) is 0 Å². The Labute approximate surface area is 68.9 Å². The first kappa shape index (κ1) is 10.0. The SMILES string of the molecule is CN(C)c1ccccc1.[B]O. The number of rotatable bonds is 1. The summed E-state index contributed by atoms with van der Waals surface area (Å²) in [6.45, 7) is 0. The van der Waals surface area contributed by atoms with E-state index >= 15 is 0 Å². The molecule has 1 rings (SSSR count). The molecule has 0 heterocycles. The lowest BCUT2D eigenvalue weighted by molar-refractivity contribution is 0.629. The lowest BCUT2D eigenvalue weighted by Crippen LogP contribution is -2.07. The van der Waals surface area contributed by atoms with Gasteiger partial charge in [0, 0.05) is 19.8 Å². The van der Waals surface area contributed by atoms with Crippen molar-refractivity contribution in [2.24, 2.45) is 0 Å². The lowest BCUT2D eigenvalue weighted by Gasteiger charge is -2.10. The highest BCUT2D eigenvalue weighted by molar-refractivity contribution is 5.95. The molecule has 0 aromatic heterocycles. The first-order valence-electron chi connectivity index (χ1n) is 3.29. The molecule has 0 aliphatic heterocycles. The van der Waals surface area contributed by atoms with Crippen LogP contribution < -0.4 is 4.90 Å². The molecule has 0 bridgehead atoms. The largest absolute Gasteiger partial charge is 0.461 e. The second-order valence-electron chi connectivity index (χ2n) is 2.23. The molecule has 0 fully saturated rings. The zero-order chi connectivity index (χ0) is 8.69. The van der Waals surface area contributed by atoms with Crippen molar-refractivity contribution in [1.82, 2.24) is 0 Å². The quantitative estimate of drug-likeness (QED) is 0.597. The van der Waals surface area contributed by atoms with Gasteiger partial charge in [-0.3, -0.25) is 0 Å². The minimum Gasteiger partial charge on any atom is -0.461 e. The summed E-state index contributed by atoms with van der Waals surface area (Å²) in [6, 6.07) is 10.3. The van der Waals surface area contributed by atoms with Gasteiger partial charge in [-0.2, -0.15) is 0 Å². The minimum atomic E-state index is 1.25. The highest BCUT2D eigenvalue weighted by atomic mass is 16.2. The molecular weight excluding hydrogens is 137 g/mol. The van der Waals surface area contributed by atoms with Crippen LogP contribution >= 0.6 is 0 Å². The van der Waals surface area contributed by atoms with Gasteiger partial charge in [0.1, 0.15) is 0 Å². The smallest absolute Gasteiger partial charge is 0.277 e. The van der Waals surface area contributed by atoms with Crippen LogP contribution in [0.5, 0.6) is 0 Å². The summed E-state index contributed by atoms with van der Waals surface area (Å²) in [7, 11) is 7.57. The van der Waals surface area contributed by atoms with Gasteiger partial charge < -0.3 is 9.92 Å². The zero-order valence-electron chi connectivity index (χ0n) is 6.86. The Kier molecular flexibility index (Phi) is 5.30. The van der Waals surface area contributed by atoms with Crippen molar-refractivity contribution in [3.05, 3.63) is 30.3 Å². The molecular formula is C8H12BNO. The summed E-state index contributed by atoms with van der Waals surface area (Å²) in [6.07, 6.45) is 0. The third kappa shape index (κ3) is 3.68. The van der Waals surface area contributed by atoms with E-state index in [9.17, 15) is 0 Å². The third-order valence-corrected chi connectivity index (χ3v) is 1.27. The van der Waals surface area contributed by atoms with E-state index in [4.69, 9.17) is 5.02 Å². The van der Waals surface area contributed by atoms with Crippen LogP contribution in [0.2, 0.25) is 0 Å². The van der Waals surface area contributed by atoms with E-state index in [0.29, 0.717) is 0 Å². The van der Waals surface area contributed by atoms with Gasteiger partial charge in [-0.05, 0) is 12.1 Å². The molecule has 0 saturated heterocycles. The van der Waals surface area contributed by atoms with Crippen LogP contribution in [0.25, 0.3) is 0 Å². The van der Waals surface area contributed by atoms with Crippen molar-refractivity contribution in [1.29, 1.82) is 0 Å². The molecule has 0 aliphatic rings. The number of hydrogen-bond donors (Lipinski definition) is 1. The van der Waals surface area contributed by atoms with E-state index < -0.39 is 0 Å². The Hall–Kier alpha value is -0.955. The molecule has 0 atom stereocenters. The van der Waals surface area contributed by atoms with E-state index in [0.717, 1.165) is 0 Å². The van der Waals surface area contributed by atoms with E-state index in [2.05, 4.69) is 25.1 Å². The molecule has 3 heteroatoms. The highest BCUT2D eigenvalue weighted by Gasteiger charge is 1.87. The van der Waals surface area contributed by atoms with Crippen molar-refractivity contribution < 1.29 is 5.02 Å². The van der Waals surface area contributed by atoms with Crippen LogP contribution in [0.4, 0.5) is 5.69 Å². The normalized spacial score (nSPS) is 7.91. The van der Waals surface area contributed by atoms with Gasteiger partial charge in [-0.15, -0.1) is 0 Å². The summed E-state index contributed by atoms with van der Waals surface area (Å²) in [5.74, 6) is 0. The number of nitrogens with zero attached hydrogens (tertiary/aromatic N) is 1. The van der Waals surface area contributed by atoms with Gasteiger partial charge in [0.25, 0.3) is 8.05 Å². The van der Waals surface area contributed by atoms with Gasteiger partial charge in [0.2, 0.25) is 0 Å². The van der Waals surface area contributed by atoms with Gasteiger partial charge in [-0.1, -0.05) is 18.2 Å². The predicted octanol–water partition coefficient (Wildman–Crippen LogP) is 0.815. The monoisotopic (exact) mass is 149 g/mol. The summed E-state index contributed by atoms with van der Waals surface area (Å²) in [5.41, 5.74) is 1.25. The van der Waals surface area contributed by atoms with Gasteiger partial charge in [0.15, 0.2) is 0 Å². The van der Waals surface area contributed by atoms with Crippen LogP contribution in [-0.4, -0.2) is 27.2 Å². The fourth-order valence-electron chi connectivity index (χ4n) is 0.726. The van der Waals surface area contributed by atoms with E-state index in [-0.39, 0.29) is 0 Å². The first-order valence-corrected chi connectivity index (χ1v) is 3.29. The molecule has 0 unspecified atom stereocenters. The fraction of sp³-hybridized carbons (Fsp3) is 0.250. The molecule has 0 aliphatic carbocycles. The topological polar surface area (TPSA) is 23.5 Å². The van der Waals surface area contributed by atoms with Crippen molar-refractivity contribution in [2.75, 3.05) is 19.0 Å².